The molecule has 0 saturated heterocycles. The third-order valence-electron chi connectivity index (χ3n) is 11.1. The molecule has 0 aliphatic rings. The standard InChI is InChI=1S/C49H55N9O14/c50-34(18-27-6-2-1-3-7-27)44(66)56-39(22-43(64)65)46(68)53-25-42(63)54-36(19-28-10-14-31(60)15-11-28)47(69)57-38(21-30-23-51-35-9-5-4-8-33(30)35)45(67)52-24-41(62)55-37(20-29-12-16-32(61)17-13-29)48(70)58-40(26-59)49(71)72/h1-17,23,34,36-40,51,59-61H,18-22,24-26,50H2,(H,52,67)(H,53,68)(H,54,63)(H,55,62)(H,56,66)(H,57,69)(H,58,70)(H,64,65)(H,71,72)/t34-,36-,37-,38-,39-,40-/m0/s1. The van der Waals surface area contributed by atoms with Gasteiger partial charge in [-0.2, -0.15) is 0 Å². The molecule has 0 fully saturated rings. The van der Waals surface area contributed by atoms with Gasteiger partial charge in [0.15, 0.2) is 0 Å². The smallest absolute Gasteiger partial charge is 0.328 e. The van der Waals surface area contributed by atoms with E-state index in [-0.39, 0.29) is 37.2 Å². The van der Waals surface area contributed by atoms with E-state index in [0.717, 1.165) is 0 Å². The van der Waals surface area contributed by atoms with Crippen LogP contribution in [0.25, 0.3) is 10.9 Å². The number of nitrogens with one attached hydrogen (secondary N) is 8. The largest absolute Gasteiger partial charge is 0.508 e. The summed E-state index contributed by atoms with van der Waals surface area (Å²) >= 11 is 0. The molecule has 0 bridgehead atoms. The maximum absolute atomic E-state index is 14.3. The van der Waals surface area contributed by atoms with Gasteiger partial charge in [0.2, 0.25) is 41.4 Å². The van der Waals surface area contributed by atoms with Gasteiger partial charge in [-0.15, -0.1) is 0 Å². The summed E-state index contributed by atoms with van der Waals surface area (Å²) in [4.78, 5) is 121. The molecule has 380 valence electrons. The number of phenolic OH excluding ortho intramolecular Hbond substituents is 2. The molecule has 0 saturated carbocycles. The van der Waals surface area contributed by atoms with Gasteiger partial charge in [-0.3, -0.25) is 38.4 Å². The molecule has 6 atom stereocenters. The predicted octanol–water partition coefficient (Wildman–Crippen LogP) is -1.61. The first-order chi connectivity index (χ1) is 34.4. The molecular formula is C49H55N9O14. The van der Waals surface area contributed by atoms with Crippen LogP contribution in [0.5, 0.6) is 11.5 Å². The zero-order valence-corrected chi connectivity index (χ0v) is 38.5. The maximum atomic E-state index is 14.3. The lowest BCUT2D eigenvalue weighted by Gasteiger charge is -2.24. The molecule has 15 N–H and O–H groups in total. The summed E-state index contributed by atoms with van der Waals surface area (Å²) in [7, 11) is 0. The highest BCUT2D eigenvalue weighted by Gasteiger charge is 2.31. The summed E-state index contributed by atoms with van der Waals surface area (Å²) < 4.78 is 0. The number of phenols is 2. The van der Waals surface area contributed by atoms with E-state index in [4.69, 9.17) is 5.73 Å². The van der Waals surface area contributed by atoms with E-state index in [1.807, 2.05) is 0 Å². The van der Waals surface area contributed by atoms with Crippen molar-refractivity contribution in [3.63, 3.8) is 0 Å². The normalized spacial score (nSPS) is 13.4. The molecule has 72 heavy (non-hydrogen) atoms. The number of H-pyrrole nitrogens is 1. The van der Waals surface area contributed by atoms with Crippen LogP contribution >= 0.6 is 0 Å². The Labute approximate surface area is 411 Å². The van der Waals surface area contributed by atoms with Crippen molar-refractivity contribution < 1.29 is 68.7 Å². The van der Waals surface area contributed by atoms with Gasteiger partial charge in [-0.1, -0.05) is 72.8 Å². The highest BCUT2D eigenvalue weighted by Crippen LogP contribution is 2.20. The van der Waals surface area contributed by atoms with Gasteiger partial charge in [0, 0.05) is 36.4 Å². The number of carboxylic acid groups (broad SMARTS) is 2. The monoisotopic (exact) mass is 993 g/mol. The molecule has 7 amide bonds. The number of amides is 7. The van der Waals surface area contributed by atoms with Crippen molar-refractivity contribution in [1.82, 2.24) is 42.2 Å². The molecule has 0 radical (unpaired) electrons. The Morgan fingerprint density at radius 1 is 0.500 bits per heavy atom. The number of aliphatic hydroxyl groups excluding tert-OH is 1. The van der Waals surface area contributed by atoms with Crippen LogP contribution < -0.4 is 43.0 Å². The number of carbonyl (C=O) groups is 9. The molecule has 1 heterocycles. The van der Waals surface area contributed by atoms with Gasteiger partial charge in [0.05, 0.1) is 32.2 Å². The fourth-order valence-corrected chi connectivity index (χ4v) is 7.31. The van der Waals surface area contributed by atoms with Gasteiger partial charge < -0.3 is 73.5 Å². The van der Waals surface area contributed by atoms with Gasteiger partial charge in [0.1, 0.15) is 41.7 Å². The average Bonchev–Trinajstić information content (AvgIpc) is 3.76. The molecule has 1 aromatic heterocycles. The zero-order chi connectivity index (χ0) is 52.3. The zero-order valence-electron chi connectivity index (χ0n) is 38.5. The number of aromatic amines is 1. The Kier molecular flexibility index (Phi) is 19.7. The van der Waals surface area contributed by atoms with E-state index in [0.29, 0.717) is 33.2 Å². The molecule has 0 aliphatic heterocycles. The molecule has 5 aromatic rings. The Morgan fingerprint density at radius 3 is 1.47 bits per heavy atom. The highest BCUT2D eigenvalue weighted by molar-refractivity contribution is 5.97. The number of para-hydroxylation sites is 1. The Morgan fingerprint density at radius 2 is 0.958 bits per heavy atom. The fourth-order valence-electron chi connectivity index (χ4n) is 7.31. The average molecular weight is 994 g/mol. The van der Waals surface area contributed by atoms with Gasteiger partial charge in [-0.05, 0) is 59.0 Å². The summed E-state index contributed by atoms with van der Waals surface area (Å²) in [6, 6.07) is 18.1. The summed E-state index contributed by atoms with van der Waals surface area (Å²) in [5, 5.41) is 65.4. The predicted molar refractivity (Wildman–Crippen MR) is 256 cm³/mol. The first-order valence-electron chi connectivity index (χ1n) is 22.4. The van der Waals surface area contributed by atoms with Crippen LogP contribution in [0.2, 0.25) is 0 Å². The summed E-state index contributed by atoms with van der Waals surface area (Å²) in [5.74, 6) is -9.71. The van der Waals surface area contributed by atoms with E-state index in [9.17, 15) is 68.7 Å². The lowest BCUT2D eigenvalue weighted by atomic mass is 10.0. The minimum atomic E-state index is -1.71. The second kappa shape index (κ2) is 26.2. The van der Waals surface area contributed by atoms with Crippen LogP contribution in [0.15, 0.2) is 109 Å². The van der Waals surface area contributed by atoms with E-state index >= 15 is 0 Å². The molecular weight excluding hydrogens is 939 g/mol. The number of aliphatic hydroxyl groups is 1. The number of nitrogens with two attached hydrogens (primary N) is 1. The fraction of sp³-hybridized carbons (Fsp3) is 0.286. The Balaban J connectivity index is 1.31. The number of benzene rings is 4. The van der Waals surface area contributed by atoms with Crippen molar-refractivity contribution in [2.24, 2.45) is 5.73 Å². The third-order valence-corrected chi connectivity index (χ3v) is 11.1. The van der Waals surface area contributed by atoms with Crippen molar-refractivity contribution in [1.29, 1.82) is 0 Å². The van der Waals surface area contributed by atoms with Crippen LogP contribution in [-0.2, 0) is 68.8 Å². The lowest BCUT2D eigenvalue weighted by molar-refractivity contribution is -0.143. The first-order valence-corrected chi connectivity index (χ1v) is 22.4. The van der Waals surface area contributed by atoms with Crippen molar-refractivity contribution in [2.75, 3.05) is 19.7 Å². The lowest BCUT2D eigenvalue weighted by Crippen LogP contribution is -2.58. The minimum absolute atomic E-state index is 0.0781. The number of hydrogen-bond acceptors (Lipinski definition) is 13. The molecule has 0 unspecified atom stereocenters. The van der Waals surface area contributed by atoms with Crippen LogP contribution in [0.4, 0.5) is 0 Å². The number of carboxylic acids is 2. The van der Waals surface area contributed by atoms with Crippen molar-refractivity contribution in [2.45, 2.75) is 68.4 Å². The van der Waals surface area contributed by atoms with Crippen LogP contribution in [0.1, 0.15) is 28.7 Å². The van der Waals surface area contributed by atoms with E-state index in [2.05, 4.69) is 42.2 Å². The second-order valence-corrected chi connectivity index (χ2v) is 16.6. The van der Waals surface area contributed by atoms with Crippen LogP contribution in [0.3, 0.4) is 0 Å². The van der Waals surface area contributed by atoms with E-state index in [1.54, 1.807) is 60.8 Å². The quantitative estimate of drug-likeness (QED) is 0.0296. The molecule has 23 nitrogen and oxygen atoms in total. The Bertz CT molecular complexity index is 2720. The molecule has 0 aliphatic carbocycles. The molecule has 0 spiro atoms. The van der Waals surface area contributed by atoms with Gasteiger partial charge in [0.25, 0.3) is 0 Å². The summed E-state index contributed by atoms with van der Waals surface area (Å²) in [6.07, 6.45) is 0.226. The number of hydrogen-bond donors (Lipinski definition) is 14. The number of aliphatic carboxylic acids is 2. The maximum Gasteiger partial charge on any atom is 0.328 e. The van der Waals surface area contributed by atoms with Crippen molar-refractivity contribution >= 4 is 64.2 Å². The van der Waals surface area contributed by atoms with Gasteiger partial charge >= 0.3 is 11.9 Å². The van der Waals surface area contributed by atoms with Crippen LogP contribution in [0, 0.1) is 0 Å². The van der Waals surface area contributed by atoms with Crippen molar-refractivity contribution in [3.05, 3.63) is 132 Å². The van der Waals surface area contributed by atoms with E-state index < -0.39 is 116 Å². The van der Waals surface area contributed by atoms with Crippen LogP contribution in [-0.4, -0.2) is 140 Å². The summed E-state index contributed by atoms with van der Waals surface area (Å²) in [5.41, 5.74) is 8.88. The third kappa shape index (κ3) is 16.7. The number of carbonyl (C=O) groups excluding carboxylic acids is 7. The minimum Gasteiger partial charge on any atom is -0.508 e. The molecule has 4 aromatic carbocycles. The number of aromatic hydroxyl groups is 2. The van der Waals surface area contributed by atoms with Gasteiger partial charge in [-0.25, -0.2) is 4.79 Å². The first kappa shape index (κ1) is 54.1. The second-order valence-electron chi connectivity index (χ2n) is 16.6. The number of aromatic nitrogens is 1. The summed E-state index contributed by atoms with van der Waals surface area (Å²) in [6.45, 7) is -2.54. The SMILES string of the molecule is N[C@@H](Cc1ccccc1)C(=O)N[C@@H](CC(=O)O)C(=O)NCC(=O)N[C@@H](Cc1ccc(O)cc1)C(=O)N[C@@H](Cc1c[nH]c2ccccc12)C(=O)NCC(=O)N[C@@H](Cc1ccc(O)cc1)C(=O)N[C@@H](CO)C(=O)O. The highest BCUT2D eigenvalue weighted by atomic mass is 16.4. The topological polar surface area (TPSA) is 381 Å². The van der Waals surface area contributed by atoms with Crippen molar-refractivity contribution in [3.8, 4) is 11.5 Å². The van der Waals surface area contributed by atoms with E-state index in [1.165, 1.54) is 48.5 Å². The number of rotatable bonds is 26. The Hall–Kier alpha value is -8.83. The number of fused-ring (bicyclic) bond motifs is 1. The molecule has 5 rings (SSSR count). The molecule has 23 heteroatoms.